The van der Waals surface area contributed by atoms with E-state index in [2.05, 4.69) is 4.98 Å². The molecule has 0 saturated carbocycles. The summed E-state index contributed by atoms with van der Waals surface area (Å²) in [5, 5.41) is 0. The Labute approximate surface area is 137 Å². The molecule has 2 aromatic rings. The van der Waals surface area contributed by atoms with Gasteiger partial charge in [0.1, 0.15) is 12.7 Å². The molecule has 0 aliphatic carbocycles. The average Bonchev–Trinajstić information content (AvgIpc) is 3.12. The van der Waals surface area contributed by atoms with Crippen molar-refractivity contribution in [2.45, 2.75) is 31.8 Å². The SMILES string of the molecule is Cc1cn2c(nc1=O)O[C@H]1C[C@@H](COC(=O)c3ccccc3)O[C@H]12. The standard InChI is InChI=1S/C17H16N2O5/c1-10-8-19-15-13(24-17(19)18-14(10)20)7-12(23-15)9-22-16(21)11-5-3-2-4-6-11/h2-6,8,12-13,15H,7,9H2,1H3/t12-,13-,15+/m0/s1. The zero-order valence-corrected chi connectivity index (χ0v) is 13.0. The first-order valence-electron chi connectivity index (χ1n) is 7.76. The van der Waals surface area contributed by atoms with Crippen LogP contribution >= 0.6 is 0 Å². The molecule has 24 heavy (non-hydrogen) atoms. The number of esters is 1. The molecule has 4 rings (SSSR count). The van der Waals surface area contributed by atoms with Crippen LogP contribution in [0.3, 0.4) is 0 Å². The second kappa shape index (κ2) is 5.76. The van der Waals surface area contributed by atoms with E-state index >= 15 is 0 Å². The molecule has 1 aromatic heterocycles. The minimum atomic E-state index is -0.376. The maximum Gasteiger partial charge on any atom is 0.338 e. The predicted molar refractivity (Wildman–Crippen MR) is 82.9 cm³/mol. The number of ether oxygens (including phenoxy) is 3. The summed E-state index contributed by atoms with van der Waals surface area (Å²) in [7, 11) is 0. The number of carbonyl (C=O) groups is 1. The highest BCUT2D eigenvalue weighted by Crippen LogP contribution is 2.38. The maximum atomic E-state index is 12.0. The fourth-order valence-electron chi connectivity index (χ4n) is 2.96. The monoisotopic (exact) mass is 328 g/mol. The molecule has 1 aromatic carbocycles. The van der Waals surface area contributed by atoms with E-state index in [1.54, 1.807) is 42.0 Å². The van der Waals surface area contributed by atoms with Crippen LogP contribution in [-0.2, 0) is 9.47 Å². The van der Waals surface area contributed by atoms with Crippen molar-refractivity contribution in [2.75, 3.05) is 6.61 Å². The molecule has 3 heterocycles. The number of aromatic nitrogens is 2. The minimum absolute atomic E-state index is 0.159. The van der Waals surface area contributed by atoms with Crippen LogP contribution in [0.4, 0.5) is 0 Å². The molecule has 2 aliphatic heterocycles. The van der Waals surface area contributed by atoms with E-state index in [1.165, 1.54) is 0 Å². The lowest BCUT2D eigenvalue weighted by molar-refractivity contribution is -0.0343. The third kappa shape index (κ3) is 2.56. The Kier molecular flexibility index (Phi) is 3.57. The molecule has 0 bridgehead atoms. The van der Waals surface area contributed by atoms with Crippen LogP contribution in [-0.4, -0.2) is 34.3 Å². The van der Waals surface area contributed by atoms with Crippen molar-refractivity contribution >= 4 is 5.97 Å². The molecule has 7 nitrogen and oxygen atoms in total. The van der Waals surface area contributed by atoms with Crippen LogP contribution in [0, 0.1) is 6.92 Å². The molecule has 1 fully saturated rings. The van der Waals surface area contributed by atoms with Gasteiger partial charge in [-0.3, -0.25) is 9.36 Å². The maximum absolute atomic E-state index is 12.0. The Balaban J connectivity index is 1.40. The van der Waals surface area contributed by atoms with Gasteiger partial charge in [0, 0.05) is 18.2 Å². The van der Waals surface area contributed by atoms with Gasteiger partial charge in [0.25, 0.3) is 5.56 Å². The van der Waals surface area contributed by atoms with Gasteiger partial charge in [-0.15, -0.1) is 0 Å². The van der Waals surface area contributed by atoms with Gasteiger partial charge in [0.2, 0.25) is 0 Å². The van der Waals surface area contributed by atoms with Gasteiger partial charge >= 0.3 is 12.0 Å². The Morgan fingerprint density at radius 1 is 1.38 bits per heavy atom. The second-order valence-corrected chi connectivity index (χ2v) is 5.92. The summed E-state index contributed by atoms with van der Waals surface area (Å²) in [5.41, 5.74) is 0.745. The van der Waals surface area contributed by atoms with Crippen LogP contribution in [0.15, 0.2) is 41.3 Å². The van der Waals surface area contributed by atoms with Crippen LogP contribution in [0.2, 0.25) is 0 Å². The molecule has 7 heteroatoms. The molecule has 0 radical (unpaired) electrons. The molecule has 3 atom stereocenters. The van der Waals surface area contributed by atoms with Crippen molar-refractivity contribution in [3.63, 3.8) is 0 Å². The third-order valence-corrected chi connectivity index (χ3v) is 4.17. The quantitative estimate of drug-likeness (QED) is 0.794. The van der Waals surface area contributed by atoms with Gasteiger partial charge in [-0.1, -0.05) is 18.2 Å². The number of rotatable bonds is 3. The van der Waals surface area contributed by atoms with Crippen molar-refractivity contribution in [1.29, 1.82) is 0 Å². The number of hydrogen-bond donors (Lipinski definition) is 0. The van der Waals surface area contributed by atoms with Crippen molar-refractivity contribution in [3.8, 4) is 6.01 Å². The number of nitrogens with zero attached hydrogens (tertiary/aromatic N) is 2. The van der Waals surface area contributed by atoms with Crippen molar-refractivity contribution in [1.82, 2.24) is 9.55 Å². The van der Waals surface area contributed by atoms with E-state index in [4.69, 9.17) is 14.2 Å². The molecule has 2 aliphatic rings. The van der Waals surface area contributed by atoms with Gasteiger partial charge in [0.15, 0.2) is 6.23 Å². The first kappa shape index (κ1) is 14.9. The smallest absolute Gasteiger partial charge is 0.338 e. The van der Waals surface area contributed by atoms with E-state index in [1.807, 2.05) is 6.07 Å². The summed E-state index contributed by atoms with van der Waals surface area (Å²) in [6.07, 6.45) is 1.45. The van der Waals surface area contributed by atoms with Gasteiger partial charge < -0.3 is 14.2 Å². The normalized spacial score (nSPS) is 24.1. The van der Waals surface area contributed by atoms with Crippen LogP contribution in [0.5, 0.6) is 6.01 Å². The third-order valence-electron chi connectivity index (χ3n) is 4.17. The molecular weight excluding hydrogens is 312 g/mol. The van der Waals surface area contributed by atoms with Crippen molar-refractivity contribution in [2.24, 2.45) is 0 Å². The average molecular weight is 328 g/mol. The molecule has 0 unspecified atom stereocenters. The molecule has 0 N–H and O–H groups in total. The van der Waals surface area contributed by atoms with Crippen LogP contribution in [0.1, 0.15) is 28.6 Å². The molecular formula is C17H16N2O5. The summed E-state index contributed by atoms with van der Waals surface area (Å²) in [4.78, 5) is 27.4. The Morgan fingerprint density at radius 3 is 2.96 bits per heavy atom. The first-order valence-corrected chi connectivity index (χ1v) is 7.76. The van der Waals surface area contributed by atoms with Gasteiger partial charge in [0.05, 0.1) is 11.7 Å². The molecule has 1 saturated heterocycles. The summed E-state index contributed by atoms with van der Waals surface area (Å²) in [5.74, 6) is -0.376. The highest BCUT2D eigenvalue weighted by atomic mass is 16.6. The number of aryl methyl sites for hydroxylation is 1. The predicted octanol–water partition coefficient (Wildman–Crippen LogP) is 1.46. The molecule has 0 spiro atoms. The van der Waals surface area contributed by atoms with Crippen LogP contribution < -0.4 is 10.3 Å². The first-order chi connectivity index (χ1) is 11.6. The Bertz CT molecular complexity index is 833. The van der Waals surface area contributed by atoms with Crippen LogP contribution in [0.25, 0.3) is 0 Å². The summed E-state index contributed by atoms with van der Waals surface area (Å²) in [6.45, 7) is 1.86. The second-order valence-electron chi connectivity index (χ2n) is 5.92. The lowest BCUT2D eigenvalue weighted by Crippen LogP contribution is -2.21. The lowest BCUT2D eigenvalue weighted by Gasteiger charge is -2.14. The molecule has 124 valence electrons. The van der Waals surface area contributed by atoms with E-state index in [0.717, 1.165) is 0 Å². The highest BCUT2D eigenvalue weighted by molar-refractivity contribution is 5.89. The van der Waals surface area contributed by atoms with E-state index < -0.39 is 0 Å². The number of hydrogen-bond acceptors (Lipinski definition) is 6. The molecule has 0 amide bonds. The zero-order chi connectivity index (χ0) is 16.7. The fourth-order valence-corrected chi connectivity index (χ4v) is 2.96. The Morgan fingerprint density at radius 2 is 2.17 bits per heavy atom. The topological polar surface area (TPSA) is 79.7 Å². The number of fused-ring (bicyclic) bond motifs is 3. The zero-order valence-electron chi connectivity index (χ0n) is 13.0. The Hall–Kier alpha value is -2.67. The summed E-state index contributed by atoms with van der Waals surface area (Å²) >= 11 is 0. The van der Waals surface area contributed by atoms with Gasteiger partial charge in [-0.2, -0.15) is 4.98 Å². The number of benzene rings is 1. The lowest BCUT2D eigenvalue weighted by atomic mass is 10.2. The van der Waals surface area contributed by atoms with Gasteiger partial charge in [-0.25, -0.2) is 4.79 Å². The highest BCUT2D eigenvalue weighted by Gasteiger charge is 2.44. The van der Waals surface area contributed by atoms with Crippen molar-refractivity contribution < 1.29 is 19.0 Å². The summed E-state index contributed by atoms with van der Waals surface area (Å²) in [6, 6.07) is 9.10. The fraction of sp³-hybridized carbons (Fsp3) is 0.353. The number of carbonyl (C=O) groups excluding carboxylic acids is 1. The van der Waals surface area contributed by atoms with E-state index in [9.17, 15) is 9.59 Å². The minimum Gasteiger partial charge on any atom is -0.459 e. The largest absolute Gasteiger partial charge is 0.459 e. The van der Waals surface area contributed by atoms with Gasteiger partial charge in [-0.05, 0) is 19.1 Å². The van der Waals surface area contributed by atoms with E-state index in [0.29, 0.717) is 17.5 Å². The summed E-state index contributed by atoms with van der Waals surface area (Å²) < 4.78 is 18.6. The van der Waals surface area contributed by atoms with Crippen molar-refractivity contribution in [3.05, 3.63) is 58.0 Å². The van der Waals surface area contributed by atoms with E-state index in [-0.39, 0.29) is 42.6 Å².